The lowest BCUT2D eigenvalue weighted by atomic mass is 10.1. The van der Waals surface area contributed by atoms with E-state index in [0.717, 1.165) is 18.4 Å². The minimum atomic E-state index is -0.0609. The topological polar surface area (TPSA) is 47.6 Å². The van der Waals surface area contributed by atoms with Gasteiger partial charge < -0.3 is 14.8 Å². The van der Waals surface area contributed by atoms with Gasteiger partial charge in [-0.1, -0.05) is 12.2 Å². The first-order valence-electron chi connectivity index (χ1n) is 6.39. The molecule has 0 spiro atoms. The summed E-state index contributed by atoms with van der Waals surface area (Å²) in [4.78, 5) is 12.1. The molecule has 4 heteroatoms. The zero-order valence-electron chi connectivity index (χ0n) is 11.5. The molecule has 0 unspecified atom stereocenters. The van der Waals surface area contributed by atoms with Crippen LogP contribution in [-0.2, 0) is 0 Å². The highest BCUT2D eigenvalue weighted by Crippen LogP contribution is 2.33. The molecule has 0 heterocycles. The molecule has 19 heavy (non-hydrogen) atoms. The van der Waals surface area contributed by atoms with E-state index in [-0.39, 0.29) is 5.91 Å². The molecule has 1 aliphatic carbocycles. The van der Waals surface area contributed by atoms with E-state index in [1.807, 2.05) is 25.1 Å². The lowest BCUT2D eigenvalue weighted by Crippen LogP contribution is -2.25. The highest BCUT2D eigenvalue weighted by molar-refractivity contribution is 5.96. The summed E-state index contributed by atoms with van der Waals surface area (Å²) in [7, 11) is 3.16. The molecule has 0 atom stereocenters. The quantitative estimate of drug-likeness (QED) is 0.886. The van der Waals surface area contributed by atoms with E-state index in [2.05, 4.69) is 5.32 Å². The Morgan fingerprint density at radius 1 is 1.32 bits per heavy atom. The summed E-state index contributed by atoms with van der Waals surface area (Å²) in [5.74, 6) is 1.15. The van der Waals surface area contributed by atoms with Gasteiger partial charge in [0.25, 0.3) is 5.91 Å². The molecular formula is C15H19NO3. The predicted octanol–water partition coefficient (Wildman–Crippen LogP) is 2.63. The Bertz CT molecular complexity index is 504. The van der Waals surface area contributed by atoms with E-state index in [1.54, 1.807) is 20.3 Å². The molecule has 1 aromatic rings. The van der Waals surface area contributed by atoms with E-state index < -0.39 is 0 Å². The van der Waals surface area contributed by atoms with Crippen LogP contribution in [0.2, 0.25) is 0 Å². The molecule has 1 fully saturated rings. The molecule has 1 aromatic carbocycles. The SMILES string of the molecule is CC=Cc1cc(C(=O)NC2CC2)cc(OC)c1OC. The number of allylic oxidation sites excluding steroid dienone is 1. The zero-order chi connectivity index (χ0) is 13.8. The molecule has 102 valence electrons. The molecule has 0 aromatic heterocycles. The number of ether oxygens (including phenoxy) is 2. The zero-order valence-corrected chi connectivity index (χ0v) is 11.5. The fourth-order valence-corrected chi connectivity index (χ4v) is 1.92. The van der Waals surface area contributed by atoms with Crippen LogP contribution in [0.4, 0.5) is 0 Å². The Kier molecular flexibility index (Phi) is 4.10. The van der Waals surface area contributed by atoms with E-state index in [0.29, 0.717) is 23.1 Å². The van der Waals surface area contributed by atoms with Gasteiger partial charge in [0.15, 0.2) is 11.5 Å². The van der Waals surface area contributed by atoms with Gasteiger partial charge in [-0.2, -0.15) is 0 Å². The van der Waals surface area contributed by atoms with Crippen molar-refractivity contribution in [1.82, 2.24) is 5.32 Å². The molecule has 0 bridgehead atoms. The second kappa shape index (κ2) is 5.78. The second-order valence-electron chi connectivity index (χ2n) is 4.55. The maximum absolute atomic E-state index is 12.1. The summed E-state index contributed by atoms with van der Waals surface area (Å²) in [6.45, 7) is 1.92. The first kappa shape index (κ1) is 13.5. The third-order valence-corrected chi connectivity index (χ3v) is 3.03. The molecule has 1 aliphatic rings. The number of amides is 1. The van der Waals surface area contributed by atoms with Crippen molar-refractivity contribution in [3.05, 3.63) is 29.3 Å². The molecular weight excluding hydrogens is 242 g/mol. The van der Waals surface area contributed by atoms with Crippen molar-refractivity contribution in [2.75, 3.05) is 14.2 Å². The van der Waals surface area contributed by atoms with Gasteiger partial charge in [0.1, 0.15) is 0 Å². The standard InChI is InChI=1S/C15H19NO3/c1-4-5-10-8-11(15(17)16-12-6-7-12)9-13(18-2)14(10)19-3/h4-5,8-9,12H,6-7H2,1-3H3,(H,16,17). The molecule has 1 N–H and O–H groups in total. The number of benzene rings is 1. The van der Waals surface area contributed by atoms with Gasteiger partial charge in [-0.3, -0.25) is 4.79 Å². The van der Waals surface area contributed by atoms with Crippen molar-refractivity contribution < 1.29 is 14.3 Å². The van der Waals surface area contributed by atoms with Crippen LogP contribution in [-0.4, -0.2) is 26.2 Å². The van der Waals surface area contributed by atoms with Crippen LogP contribution >= 0.6 is 0 Å². The number of nitrogens with one attached hydrogen (secondary N) is 1. The third kappa shape index (κ3) is 3.08. The lowest BCUT2D eigenvalue weighted by molar-refractivity contribution is 0.0950. The van der Waals surface area contributed by atoms with Gasteiger partial charge >= 0.3 is 0 Å². The summed E-state index contributed by atoms with van der Waals surface area (Å²) in [5, 5.41) is 2.97. The third-order valence-electron chi connectivity index (χ3n) is 3.03. The number of rotatable bonds is 5. The maximum atomic E-state index is 12.1. The highest BCUT2D eigenvalue weighted by Gasteiger charge is 2.24. The van der Waals surface area contributed by atoms with Crippen molar-refractivity contribution in [2.24, 2.45) is 0 Å². The smallest absolute Gasteiger partial charge is 0.251 e. The minimum absolute atomic E-state index is 0.0609. The number of carbonyl (C=O) groups excluding carboxylic acids is 1. The largest absolute Gasteiger partial charge is 0.493 e. The Labute approximate surface area is 113 Å². The molecule has 0 aliphatic heterocycles. The highest BCUT2D eigenvalue weighted by atomic mass is 16.5. The van der Waals surface area contributed by atoms with Crippen molar-refractivity contribution in [3.8, 4) is 11.5 Å². The Balaban J connectivity index is 2.37. The predicted molar refractivity (Wildman–Crippen MR) is 74.7 cm³/mol. The van der Waals surface area contributed by atoms with Crippen LogP contribution in [0.3, 0.4) is 0 Å². The van der Waals surface area contributed by atoms with Gasteiger partial charge in [-0.25, -0.2) is 0 Å². The van der Waals surface area contributed by atoms with Crippen molar-refractivity contribution in [2.45, 2.75) is 25.8 Å². The molecule has 0 saturated heterocycles. The van der Waals surface area contributed by atoms with Crippen LogP contribution in [0.15, 0.2) is 18.2 Å². The van der Waals surface area contributed by atoms with Crippen molar-refractivity contribution in [1.29, 1.82) is 0 Å². The Morgan fingerprint density at radius 3 is 2.58 bits per heavy atom. The van der Waals surface area contributed by atoms with Crippen molar-refractivity contribution in [3.63, 3.8) is 0 Å². The van der Waals surface area contributed by atoms with Crippen LogP contribution in [0.1, 0.15) is 35.7 Å². The fraction of sp³-hybridized carbons (Fsp3) is 0.400. The summed E-state index contributed by atoms with van der Waals surface area (Å²) in [5.41, 5.74) is 1.43. The average molecular weight is 261 g/mol. The van der Waals surface area contributed by atoms with Gasteiger partial charge in [-0.05, 0) is 31.9 Å². The summed E-state index contributed by atoms with van der Waals surface area (Å²) >= 11 is 0. The normalized spacial score (nSPS) is 14.5. The Hall–Kier alpha value is -1.97. The van der Waals surface area contributed by atoms with Crippen LogP contribution < -0.4 is 14.8 Å². The van der Waals surface area contributed by atoms with Gasteiger partial charge in [0, 0.05) is 17.2 Å². The molecule has 4 nitrogen and oxygen atoms in total. The van der Waals surface area contributed by atoms with Crippen molar-refractivity contribution >= 4 is 12.0 Å². The fourth-order valence-electron chi connectivity index (χ4n) is 1.92. The number of hydrogen-bond acceptors (Lipinski definition) is 3. The summed E-state index contributed by atoms with van der Waals surface area (Å²) in [6.07, 6.45) is 5.94. The van der Waals surface area contributed by atoms with Gasteiger partial charge in [0.05, 0.1) is 14.2 Å². The monoisotopic (exact) mass is 261 g/mol. The summed E-state index contributed by atoms with van der Waals surface area (Å²) in [6, 6.07) is 3.87. The molecule has 2 rings (SSSR count). The molecule has 0 radical (unpaired) electrons. The average Bonchev–Trinajstić information content (AvgIpc) is 3.22. The van der Waals surface area contributed by atoms with Gasteiger partial charge in [0.2, 0.25) is 0 Å². The lowest BCUT2D eigenvalue weighted by Gasteiger charge is -2.13. The first-order chi connectivity index (χ1) is 9.19. The number of carbonyl (C=O) groups is 1. The van der Waals surface area contributed by atoms with E-state index in [1.165, 1.54) is 0 Å². The number of hydrogen-bond donors (Lipinski definition) is 1. The van der Waals surface area contributed by atoms with Crippen LogP contribution in [0.25, 0.3) is 6.08 Å². The van der Waals surface area contributed by atoms with E-state index in [9.17, 15) is 4.79 Å². The Morgan fingerprint density at radius 2 is 2.05 bits per heavy atom. The number of methoxy groups -OCH3 is 2. The van der Waals surface area contributed by atoms with Crippen LogP contribution in [0, 0.1) is 0 Å². The molecule has 1 amide bonds. The minimum Gasteiger partial charge on any atom is -0.493 e. The van der Waals surface area contributed by atoms with Crippen LogP contribution in [0.5, 0.6) is 11.5 Å². The first-order valence-corrected chi connectivity index (χ1v) is 6.39. The maximum Gasteiger partial charge on any atom is 0.251 e. The summed E-state index contributed by atoms with van der Waals surface area (Å²) < 4.78 is 10.6. The second-order valence-corrected chi connectivity index (χ2v) is 4.55. The van der Waals surface area contributed by atoms with E-state index in [4.69, 9.17) is 9.47 Å². The molecule has 1 saturated carbocycles. The van der Waals surface area contributed by atoms with E-state index >= 15 is 0 Å². The van der Waals surface area contributed by atoms with Gasteiger partial charge in [-0.15, -0.1) is 0 Å².